The molecule has 1 heterocycles. The number of sulfonamides is 1. The van der Waals surface area contributed by atoms with Crippen molar-refractivity contribution in [2.45, 2.75) is 11.8 Å². The minimum atomic E-state index is -3.92. The molecule has 2 N–H and O–H groups in total. The summed E-state index contributed by atoms with van der Waals surface area (Å²) in [5.41, 5.74) is 1.15. The Morgan fingerprint density at radius 1 is 1.18 bits per heavy atom. The van der Waals surface area contributed by atoms with Gasteiger partial charge in [0.25, 0.3) is 10.0 Å². The zero-order chi connectivity index (χ0) is 20.3. The first-order valence-corrected chi connectivity index (χ1v) is 9.81. The predicted octanol–water partition coefficient (Wildman–Crippen LogP) is 2.41. The van der Waals surface area contributed by atoms with Gasteiger partial charge in [0.1, 0.15) is 12.4 Å². The average Bonchev–Trinajstić information content (AvgIpc) is 3.07. The van der Waals surface area contributed by atoms with Crippen LogP contribution in [0.25, 0.3) is 0 Å². The average molecular weight is 405 g/mol. The fraction of sp³-hybridized carbons (Fsp3) is 0.222. The summed E-state index contributed by atoms with van der Waals surface area (Å²) in [7, 11) is -2.51. The second-order valence-electron chi connectivity index (χ2n) is 5.96. The monoisotopic (exact) mass is 405 g/mol. The van der Waals surface area contributed by atoms with Gasteiger partial charge in [-0.3, -0.25) is 14.4 Å². The summed E-state index contributed by atoms with van der Waals surface area (Å²) in [6.45, 7) is 2.06. The van der Waals surface area contributed by atoms with Crippen molar-refractivity contribution < 1.29 is 27.5 Å². The number of ether oxygens (including phenoxy) is 2. The highest BCUT2D eigenvalue weighted by Crippen LogP contribution is 2.30. The van der Waals surface area contributed by atoms with Crippen LogP contribution in [0.5, 0.6) is 5.75 Å². The molecule has 10 heteroatoms. The van der Waals surface area contributed by atoms with Gasteiger partial charge in [0.05, 0.1) is 24.2 Å². The molecule has 2 amide bonds. The summed E-state index contributed by atoms with van der Waals surface area (Å²) < 4.78 is 38.0. The Morgan fingerprint density at radius 3 is 2.46 bits per heavy atom. The lowest BCUT2D eigenvalue weighted by Gasteiger charge is -2.15. The molecule has 28 heavy (non-hydrogen) atoms. The Bertz CT molecular complexity index is 1000. The lowest BCUT2D eigenvalue weighted by molar-refractivity contribution is -0.114. The van der Waals surface area contributed by atoms with Gasteiger partial charge in [-0.2, -0.15) is 0 Å². The van der Waals surface area contributed by atoms with Crippen molar-refractivity contribution in [1.29, 1.82) is 0 Å². The maximum absolute atomic E-state index is 12.7. The third-order valence-corrected chi connectivity index (χ3v) is 5.37. The number of hydrogen-bond acceptors (Lipinski definition) is 6. The molecule has 9 nitrogen and oxygen atoms in total. The molecular weight excluding hydrogens is 386 g/mol. The number of methoxy groups -OCH3 is 1. The Hall–Kier alpha value is -3.27. The normalized spacial score (nSPS) is 13.8. The van der Waals surface area contributed by atoms with E-state index in [1.165, 1.54) is 49.3 Å². The van der Waals surface area contributed by atoms with Crippen LogP contribution in [0, 0.1) is 0 Å². The molecule has 0 saturated carbocycles. The molecule has 0 unspecified atom stereocenters. The van der Waals surface area contributed by atoms with Crippen molar-refractivity contribution in [2.24, 2.45) is 0 Å². The van der Waals surface area contributed by atoms with Crippen LogP contribution in [0.2, 0.25) is 0 Å². The fourth-order valence-electron chi connectivity index (χ4n) is 2.71. The number of rotatable bonds is 6. The first-order chi connectivity index (χ1) is 13.3. The van der Waals surface area contributed by atoms with E-state index in [1.807, 2.05) is 0 Å². The van der Waals surface area contributed by atoms with Crippen LogP contribution in [-0.2, 0) is 19.6 Å². The van der Waals surface area contributed by atoms with E-state index in [-0.39, 0.29) is 16.5 Å². The molecule has 2 aromatic rings. The largest absolute Gasteiger partial charge is 0.495 e. The van der Waals surface area contributed by atoms with Gasteiger partial charge in [-0.15, -0.1) is 0 Å². The number of carbonyl (C=O) groups excluding carboxylic acids is 2. The molecule has 0 atom stereocenters. The first kappa shape index (κ1) is 19.5. The standard InChI is InChI=1S/C18H19N3O6S/c1-12(22)19-13-3-8-17(26-2)16(11-13)20-28(24,25)15-6-4-14(5-7-15)21-9-10-27-18(21)23/h3-8,11,20H,9-10H2,1-2H3,(H,19,22). The molecule has 1 aliphatic heterocycles. The van der Waals surface area contributed by atoms with Gasteiger partial charge in [0.15, 0.2) is 0 Å². The van der Waals surface area contributed by atoms with Gasteiger partial charge >= 0.3 is 6.09 Å². The lowest BCUT2D eigenvalue weighted by Crippen LogP contribution is -2.23. The summed E-state index contributed by atoms with van der Waals surface area (Å²) in [4.78, 5) is 24.3. The van der Waals surface area contributed by atoms with E-state index in [2.05, 4.69) is 10.0 Å². The van der Waals surface area contributed by atoms with Gasteiger partial charge in [-0.25, -0.2) is 13.2 Å². The third-order valence-electron chi connectivity index (χ3n) is 3.98. The number of carbonyl (C=O) groups is 2. The molecule has 1 saturated heterocycles. The number of hydrogen-bond donors (Lipinski definition) is 2. The van der Waals surface area contributed by atoms with Crippen molar-refractivity contribution >= 4 is 39.1 Å². The molecule has 0 aromatic heterocycles. The number of benzene rings is 2. The minimum Gasteiger partial charge on any atom is -0.495 e. The highest BCUT2D eigenvalue weighted by Gasteiger charge is 2.24. The summed E-state index contributed by atoms with van der Waals surface area (Å²) >= 11 is 0. The van der Waals surface area contributed by atoms with Crippen LogP contribution in [0.15, 0.2) is 47.4 Å². The van der Waals surface area contributed by atoms with E-state index in [9.17, 15) is 18.0 Å². The van der Waals surface area contributed by atoms with E-state index in [0.29, 0.717) is 30.3 Å². The number of nitrogens with one attached hydrogen (secondary N) is 2. The Morgan fingerprint density at radius 2 is 1.89 bits per heavy atom. The smallest absolute Gasteiger partial charge is 0.414 e. The van der Waals surface area contributed by atoms with Crippen LogP contribution in [0.1, 0.15) is 6.92 Å². The molecule has 2 aromatic carbocycles. The Labute approximate surface area is 162 Å². The molecule has 0 radical (unpaired) electrons. The molecular formula is C18H19N3O6S. The molecule has 0 bridgehead atoms. The zero-order valence-corrected chi connectivity index (χ0v) is 16.1. The van der Waals surface area contributed by atoms with Crippen molar-refractivity contribution in [3.05, 3.63) is 42.5 Å². The summed E-state index contributed by atoms with van der Waals surface area (Å²) in [5.74, 6) is 0.0177. The first-order valence-electron chi connectivity index (χ1n) is 8.33. The van der Waals surface area contributed by atoms with Crippen molar-refractivity contribution in [2.75, 3.05) is 35.2 Å². The fourth-order valence-corrected chi connectivity index (χ4v) is 3.77. The van der Waals surface area contributed by atoms with Gasteiger partial charge in [-0.05, 0) is 42.5 Å². The van der Waals surface area contributed by atoms with Crippen LogP contribution in [-0.4, -0.2) is 40.7 Å². The maximum atomic E-state index is 12.7. The van der Waals surface area contributed by atoms with Crippen LogP contribution in [0.3, 0.4) is 0 Å². The number of anilines is 3. The topological polar surface area (TPSA) is 114 Å². The van der Waals surface area contributed by atoms with E-state index < -0.39 is 16.1 Å². The van der Waals surface area contributed by atoms with Crippen LogP contribution >= 0.6 is 0 Å². The van der Waals surface area contributed by atoms with E-state index >= 15 is 0 Å². The molecule has 1 aliphatic rings. The highest BCUT2D eigenvalue weighted by molar-refractivity contribution is 7.92. The molecule has 0 aliphatic carbocycles. The number of nitrogens with zero attached hydrogens (tertiary/aromatic N) is 1. The highest BCUT2D eigenvalue weighted by atomic mass is 32.2. The minimum absolute atomic E-state index is 0.01000. The quantitative estimate of drug-likeness (QED) is 0.763. The number of amides is 2. The van der Waals surface area contributed by atoms with Gasteiger partial charge in [0, 0.05) is 18.3 Å². The summed E-state index contributed by atoms with van der Waals surface area (Å²) in [6.07, 6.45) is -0.465. The summed E-state index contributed by atoms with van der Waals surface area (Å²) in [6, 6.07) is 10.5. The predicted molar refractivity (Wildman–Crippen MR) is 103 cm³/mol. The Kier molecular flexibility index (Phi) is 5.41. The number of cyclic esters (lactones) is 1. The Balaban J connectivity index is 1.85. The van der Waals surface area contributed by atoms with E-state index in [4.69, 9.17) is 9.47 Å². The van der Waals surface area contributed by atoms with Crippen LogP contribution < -0.4 is 19.7 Å². The van der Waals surface area contributed by atoms with Gasteiger partial charge < -0.3 is 14.8 Å². The second-order valence-corrected chi connectivity index (χ2v) is 7.64. The summed E-state index contributed by atoms with van der Waals surface area (Å²) in [5, 5.41) is 2.59. The SMILES string of the molecule is COc1ccc(NC(C)=O)cc1NS(=O)(=O)c1ccc(N2CCOC2=O)cc1. The van der Waals surface area contributed by atoms with Gasteiger partial charge in [0.2, 0.25) is 5.91 Å². The molecule has 148 valence electrons. The van der Waals surface area contributed by atoms with E-state index in [1.54, 1.807) is 12.1 Å². The second kappa shape index (κ2) is 7.77. The molecule has 1 fully saturated rings. The maximum Gasteiger partial charge on any atom is 0.414 e. The van der Waals surface area contributed by atoms with Crippen LogP contribution in [0.4, 0.5) is 21.9 Å². The third kappa shape index (κ3) is 4.17. The van der Waals surface area contributed by atoms with Gasteiger partial charge in [-0.1, -0.05) is 0 Å². The molecule has 0 spiro atoms. The molecule has 3 rings (SSSR count). The van der Waals surface area contributed by atoms with Crippen molar-refractivity contribution in [3.8, 4) is 5.75 Å². The van der Waals surface area contributed by atoms with Crippen molar-refractivity contribution in [1.82, 2.24) is 0 Å². The van der Waals surface area contributed by atoms with E-state index in [0.717, 1.165) is 0 Å². The van der Waals surface area contributed by atoms with Crippen molar-refractivity contribution in [3.63, 3.8) is 0 Å². The lowest BCUT2D eigenvalue weighted by atomic mass is 10.2. The zero-order valence-electron chi connectivity index (χ0n) is 15.3.